The van der Waals surface area contributed by atoms with E-state index in [1.165, 1.54) is 12.1 Å². The van der Waals surface area contributed by atoms with Gasteiger partial charge in [0.25, 0.3) is 0 Å². The fraction of sp³-hybridized carbons (Fsp3) is 0.174. The number of hydrogen-bond donors (Lipinski definition) is 2. The number of benzene rings is 3. The van der Waals surface area contributed by atoms with Crippen LogP contribution in [0.1, 0.15) is 11.1 Å². The molecule has 3 aromatic carbocycles. The van der Waals surface area contributed by atoms with Gasteiger partial charge in [-0.2, -0.15) is 0 Å². The molecule has 0 heterocycles. The topological polar surface area (TPSA) is 84.5 Å². The molecule has 30 heavy (non-hydrogen) atoms. The summed E-state index contributed by atoms with van der Waals surface area (Å²) in [4.78, 5) is 12.5. The number of hydrogen-bond acceptors (Lipinski definition) is 4. The van der Waals surface area contributed by atoms with E-state index >= 15 is 0 Å². The predicted octanol–water partition coefficient (Wildman–Crippen LogP) is 3.40. The molecule has 2 N–H and O–H groups in total. The summed E-state index contributed by atoms with van der Waals surface area (Å²) in [6.45, 7) is 0.309. The third-order valence-electron chi connectivity index (χ3n) is 4.54. The van der Waals surface area contributed by atoms with Crippen LogP contribution in [0.4, 0.5) is 5.69 Å². The average Bonchev–Trinajstić information content (AvgIpc) is 2.75. The molecule has 0 radical (unpaired) electrons. The standard InChI is InChI=1S/C23H24N2O4S/c1-29-22-10-6-5-9-19(22)17-23(26)25-20-11-13-21(14-12-20)30(27,28)24-16-15-18-7-3-2-4-8-18/h2-14,24H,15-17H2,1H3,(H,25,26). The number of methoxy groups -OCH3 is 1. The second-order valence-electron chi connectivity index (χ2n) is 6.69. The number of sulfonamides is 1. The molecule has 0 aliphatic rings. The maximum Gasteiger partial charge on any atom is 0.240 e. The van der Waals surface area contributed by atoms with Gasteiger partial charge in [0.2, 0.25) is 15.9 Å². The first kappa shape index (κ1) is 21.5. The minimum atomic E-state index is -3.61. The van der Waals surface area contributed by atoms with Gasteiger partial charge in [0.15, 0.2) is 0 Å². The van der Waals surface area contributed by atoms with E-state index in [4.69, 9.17) is 4.74 Å². The smallest absolute Gasteiger partial charge is 0.240 e. The number of anilines is 1. The summed E-state index contributed by atoms with van der Waals surface area (Å²) in [5.74, 6) is 0.437. The molecule has 0 fully saturated rings. The van der Waals surface area contributed by atoms with Crippen molar-refractivity contribution >= 4 is 21.6 Å². The van der Waals surface area contributed by atoms with Crippen LogP contribution < -0.4 is 14.8 Å². The first-order valence-corrected chi connectivity index (χ1v) is 11.0. The summed E-state index contributed by atoms with van der Waals surface area (Å²) >= 11 is 0. The lowest BCUT2D eigenvalue weighted by Gasteiger charge is -2.10. The SMILES string of the molecule is COc1ccccc1CC(=O)Nc1ccc(S(=O)(=O)NCCc2ccccc2)cc1. The van der Waals surface area contributed by atoms with Crippen LogP contribution in [0.25, 0.3) is 0 Å². The maximum atomic E-state index is 12.5. The van der Waals surface area contributed by atoms with Crippen LogP contribution in [-0.4, -0.2) is 28.0 Å². The van der Waals surface area contributed by atoms with E-state index < -0.39 is 10.0 Å². The van der Waals surface area contributed by atoms with Crippen molar-refractivity contribution in [3.63, 3.8) is 0 Å². The van der Waals surface area contributed by atoms with E-state index in [0.717, 1.165) is 11.1 Å². The molecular formula is C23H24N2O4S. The molecule has 6 nitrogen and oxygen atoms in total. The normalized spacial score (nSPS) is 11.1. The highest BCUT2D eigenvalue weighted by molar-refractivity contribution is 7.89. The summed E-state index contributed by atoms with van der Waals surface area (Å²) in [5.41, 5.74) is 2.37. The van der Waals surface area contributed by atoms with E-state index in [1.54, 1.807) is 25.3 Å². The zero-order valence-corrected chi connectivity index (χ0v) is 17.5. The number of para-hydroxylation sites is 1. The second-order valence-corrected chi connectivity index (χ2v) is 8.46. The number of carbonyl (C=O) groups excluding carboxylic acids is 1. The van der Waals surface area contributed by atoms with E-state index in [1.807, 2.05) is 48.5 Å². The Labute approximate surface area is 177 Å². The fourth-order valence-electron chi connectivity index (χ4n) is 3.00. The largest absolute Gasteiger partial charge is 0.496 e. The molecule has 0 aliphatic heterocycles. The average molecular weight is 425 g/mol. The number of ether oxygens (including phenoxy) is 1. The molecule has 0 spiro atoms. The first-order chi connectivity index (χ1) is 14.5. The molecule has 0 aromatic heterocycles. The molecule has 1 amide bonds. The molecule has 0 saturated heterocycles. The van der Waals surface area contributed by atoms with Crippen molar-refractivity contribution in [2.45, 2.75) is 17.7 Å². The molecule has 0 aliphatic carbocycles. The monoisotopic (exact) mass is 424 g/mol. The number of amides is 1. The lowest BCUT2D eigenvalue weighted by Crippen LogP contribution is -2.26. The highest BCUT2D eigenvalue weighted by atomic mass is 32.2. The Morgan fingerprint density at radius 1 is 0.900 bits per heavy atom. The molecule has 0 atom stereocenters. The Hall–Kier alpha value is -3.16. The molecule has 0 unspecified atom stereocenters. The maximum absolute atomic E-state index is 12.5. The lowest BCUT2D eigenvalue weighted by molar-refractivity contribution is -0.115. The van der Waals surface area contributed by atoms with Crippen LogP contribution in [-0.2, 0) is 27.7 Å². The predicted molar refractivity (Wildman–Crippen MR) is 117 cm³/mol. The van der Waals surface area contributed by atoms with Crippen molar-refractivity contribution in [1.29, 1.82) is 0 Å². The summed E-state index contributed by atoms with van der Waals surface area (Å²) in [7, 11) is -2.05. The van der Waals surface area contributed by atoms with Crippen molar-refractivity contribution in [3.05, 3.63) is 90.0 Å². The number of carbonyl (C=O) groups is 1. The van der Waals surface area contributed by atoms with Gasteiger partial charge in [-0.1, -0.05) is 48.5 Å². The Morgan fingerprint density at radius 2 is 1.57 bits per heavy atom. The van der Waals surface area contributed by atoms with Crippen molar-refractivity contribution in [1.82, 2.24) is 4.72 Å². The van der Waals surface area contributed by atoms with Crippen molar-refractivity contribution in [2.24, 2.45) is 0 Å². The number of rotatable bonds is 9. The van der Waals surface area contributed by atoms with Gasteiger partial charge in [-0.15, -0.1) is 0 Å². The molecule has 3 aromatic rings. The third-order valence-corrected chi connectivity index (χ3v) is 6.02. The Bertz CT molecular complexity index is 1080. The number of nitrogens with one attached hydrogen (secondary N) is 2. The zero-order chi connectivity index (χ0) is 21.4. The van der Waals surface area contributed by atoms with Crippen molar-refractivity contribution in [3.8, 4) is 5.75 Å². The molecule has 7 heteroatoms. The lowest BCUT2D eigenvalue weighted by atomic mass is 10.1. The summed E-state index contributed by atoms with van der Waals surface area (Å²) in [5, 5.41) is 2.78. The molecular weight excluding hydrogens is 400 g/mol. The first-order valence-electron chi connectivity index (χ1n) is 9.53. The van der Waals surface area contributed by atoms with Crippen LogP contribution in [0.2, 0.25) is 0 Å². The Kier molecular flexibility index (Phi) is 7.21. The van der Waals surface area contributed by atoms with Crippen LogP contribution in [0, 0.1) is 0 Å². The zero-order valence-electron chi connectivity index (χ0n) is 16.7. The van der Waals surface area contributed by atoms with Gasteiger partial charge >= 0.3 is 0 Å². The molecule has 0 bridgehead atoms. The third kappa shape index (κ3) is 5.92. The Balaban J connectivity index is 1.56. The summed E-state index contributed by atoms with van der Waals surface area (Å²) in [6, 6.07) is 23.1. The molecule has 0 saturated carbocycles. The van der Waals surface area contributed by atoms with Crippen LogP contribution in [0.15, 0.2) is 83.8 Å². The van der Waals surface area contributed by atoms with Gasteiger partial charge in [0.1, 0.15) is 5.75 Å². The summed E-state index contributed by atoms with van der Waals surface area (Å²) < 4.78 is 32.8. The van der Waals surface area contributed by atoms with E-state index in [-0.39, 0.29) is 17.2 Å². The minimum Gasteiger partial charge on any atom is -0.496 e. The van der Waals surface area contributed by atoms with Gasteiger partial charge in [0, 0.05) is 17.8 Å². The van der Waals surface area contributed by atoms with Gasteiger partial charge < -0.3 is 10.1 Å². The van der Waals surface area contributed by atoms with Gasteiger partial charge in [-0.25, -0.2) is 13.1 Å². The van der Waals surface area contributed by atoms with E-state index in [2.05, 4.69) is 10.0 Å². The van der Waals surface area contributed by atoms with Crippen LogP contribution in [0.3, 0.4) is 0 Å². The highest BCUT2D eigenvalue weighted by Crippen LogP contribution is 2.19. The van der Waals surface area contributed by atoms with Crippen molar-refractivity contribution < 1.29 is 17.9 Å². The van der Waals surface area contributed by atoms with Crippen molar-refractivity contribution in [2.75, 3.05) is 19.0 Å². The van der Waals surface area contributed by atoms with Gasteiger partial charge in [-0.05, 0) is 42.3 Å². The second kappa shape index (κ2) is 10.0. The highest BCUT2D eigenvalue weighted by Gasteiger charge is 2.14. The van der Waals surface area contributed by atoms with Gasteiger partial charge in [-0.3, -0.25) is 4.79 Å². The van der Waals surface area contributed by atoms with Crippen LogP contribution in [0.5, 0.6) is 5.75 Å². The quantitative estimate of drug-likeness (QED) is 0.551. The van der Waals surface area contributed by atoms with Gasteiger partial charge in [0.05, 0.1) is 18.4 Å². The fourth-order valence-corrected chi connectivity index (χ4v) is 4.03. The summed E-state index contributed by atoms with van der Waals surface area (Å²) in [6.07, 6.45) is 0.766. The van der Waals surface area contributed by atoms with Crippen LogP contribution >= 0.6 is 0 Å². The Morgan fingerprint density at radius 3 is 2.27 bits per heavy atom. The van der Waals surface area contributed by atoms with E-state index in [0.29, 0.717) is 24.4 Å². The molecule has 3 rings (SSSR count). The minimum absolute atomic E-state index is 0.151. The molecule has 156 valence electrons. The van der Waals surface area contributed by atoms with E-state index in [9.17, 15) is 13.2 Å².